The Morgan fingerprint density at radius 3 is 2.69 bits per heavy atom. The molecule has 1 unspecified atom stereocenters. The van der Waals surface area contributed by atoms with Crippen molar-refractivity contribution in [2.45, 2.75) is 31.5 Å². The van der Waals surface area contributed by atoms with Crippen LogP contribution in [0.25, 0.3) is 10.8 Å². The molecule has 6 nitrogen and oxygen atoms in total. The van der Waals surface area contributed by atoms with Gasteiger partial charge in [0.15, 0.2) is 6.29 Å². The second kappa shape index (κ2) is 7.31. The molecule has 1 N–H and O–H groups in total. The topological polar surface area (TPSA) is 85.7 Å². The van der Waals surface area contributed by atoms with Crippen molar-refractivity contribution in [3.8, 4) is 11.5 Å². The molecule has 3 aromatic rings. The number of fused-ring (bicyclic) bond motifs is 1. The number of ether oxygens (including phenoxy) is 1. The van der Waals surface area contributed by atoms with Crippen LogP contribution in [0.2, 0.25) is 0 Å². The van der Waals surface area contributed by atoms with E-state index in [0.29, 0.717) is 22.9 Å². The summed E-state index contributed by atoms with van der Waals surface area (Å²) >= 11 is 0. The summed E-state index contributed by atoms with van der Waals surface area (Å²) in [4.78, 5) is 4.07. The first-order valence-corrected chi connectivity index (χ1v) is 9.53. The average Bonchev–Trinajstić information content (AvgIpc) is 2.60. The number of nitrogens with zero attached hydrogens (tertiary/aromatic N) is 1. The van der Waals surface area contributed by atoms with E-state index in [0.717, 1.165) is 5.56 Å². The highest BCUT2D eigenvalue weighted by molar-refractivity contribution is 7.87. The highest BCUT2D eigenvalue weighted by Gasteiger charge is 2.20. The molecule has 1 aromatic heterocycles. The van der Waals surface area contributed by atoms with Crippen molar-refractivity contribution < 1.29 is 22.4 Å². The van der Waals surface area contributed by atoms with Crippen molar-refractivity contribution in [1.29, 1.82) is 0 Å². The van der Waals surface area contributed by atoms with Crippen LogP contribution >= 0.6 is 0 Å². The number of pyridine rings is 1. The zero-order valence-electron chi connectivity index (χ0n) is 14.4. The number of aliphatic hydroxyl groups is 1. The molecular formula is C19H19NO5S. The first-order chi connectivity index (χ1) is 12.4. The Hall–Kier alpha value is -2.64. The third kappa shape index (κ3) is 3.95. The normalized spacial score (nSPS) is 12.7. The average molecular weight is 373 g/mol. The van der Waals surface area contributed by atoms with Gasteiger partial charge in [0, 0.05) is 35.7 Å². The van der Waals surface area contributed by atoms with E-state index in [9.17, 15) is 13.5 Å². The maximum absolute atomic E-state index is 12.8. The summed E-state index contributed by atoms with van der Waals surface area (Å²) in [6.07, 6.45) is 2.57. The van der Waals surface area contributed by atoms with E-state index in [1.165, 1.54) is 18.3 Å². The van der Waals surface area contributed by atoms with Gasteiger partial charge in [0.2, 0.25) is 0 Å². The summed E-state index contributed by atoms with van der Waals surface area (Å²) in [5, 5.41) is 10.9. The second-order valence-electron chi connectivity index (χ2n) is 5.85. The molecule has 2 aromatic carbocycles. The monoisotopic (exact) mass is 373 g/mol. The van der Waals surface area contributed by atoms with Crippen LogP contribution in [0, 0.1) is 6.92 Å². The SMILES string of the molecule is CCC(O)Oc1cc(C)cc(OS(=O)(=O)c2cccc3cnccc23)c1. The summed E-state index contributed by atoms with van der Waals surface area (Å²) < 4.78 is 36.2. The van der Waals surface area contributed by atoms with Crippen LogP contribution in [0.3, 0.4) is 0 Å². The third-order valence-corrected chi connectivity index (χ3v) is 5.07. The number of hydrogen-bond acceptors (Lipinski definition) is 6. The molecule has 0 aliphatic rings. The van der Waals surface area contributed by atoms with Gasteiger partial charge in [0.05, 0.1) is 0 Å². The van der Waals surface area contributed by atoms with Gasteiger partial charge < -0.3 is 14.0 Å². The molecule has 26 heavy (non-hydrogen) atoms. The molecular weight excluding hydrogens is 354 g/mol. The van der Waals surface area contributed by atoms with E-state index in [1.807, 2.05) is 0 Å². The number of aromatic nitrogens is 1. The summed E-state index contributed by atoms with van der Waals surface area (Å²) in [5.74, 6) is 0.459. The quantitative estimate of drug-likeness (QED) is 0.526. The Bertz CT molecular complexity index is 1030. The molecule has 0 saturated heterocycles. The molecule has 0 bridgehead atoms. The standard InChI is InChI=1S/C19H19NO5S/c1-3-19(21)24-15-9-13(2)10-16(11-15)25-26(22,23)18-6-4-5-14-12-20-8-7-17(14)18/h4-12,19,21H,3H2,1-2H3. The van der Waals surface area contributed by atoms with Crippen molar-refractivity contribution in [3.63, 3.8) is 0 Å². The van der Waals surface area contributed by atoms with Gasteiger partial charge >= 0.3 is 10.1 Å². The molecule has 1 heterocycles. The predicted molar refractivity (Wildman–Crippen MR) is 97.7 cm³/mol. The van der Waals surface area contributed by atoms with Crippen molar-refractivity contribution in [2.24, 2.45) is 0 Å². The van der Waals surface area contributed by atoms with Gasteiger partial charge in [0.25, 0.3) is 0 Å². The molecule has 0 radical (unpaired) electrons. The molecule has 136 valence electrons. The van der Waals surface area contributed by atoms with Gasteiger partial charge in [-0.25, -0.2) is 0 Å². The van der Waals surface area contributed by atoms with Crippen molar-refractivity contribution in [3.05, 3.63) is 60.4 Å². The van der Waals surface area contributed by atoms with Crippen molar-refractivity contribution in [2.75, 3.05) is 0 Å². The van der Waals surface area contributed by atoms with Crippen molar-refractivity contribution >= 4 is 20.9 Å². The van der Waals surface area contributed by atoms with Crippen LogP contribution in [-0.4, -0.2) is 24.8 Å². The van der Waals surface area contributed by atoms with E-state index in [-0.39, 0.29) is 10.6 Å². The lowest BCUT2D eigenvalue weighted by atomic mass is 10.2. The Balaban J connectivity index is 1.97. The molecule has 7 heteroatoms. The summed E-state index contributed by atoms with van der Waals surface area (Å²) in [6.45, 7) is 3.56. The van der Waals surface area contributed by atoms with E-state index in [1.54, 1.807) is 50.4 Å². The van der Waals surface area contributed by atoms with E-state index in [4.69, 9.17) is 8.92 Å². The number of aliphatic hydroxyl groups excluding tert-OH is 1. The maximum atomic E-state index is 12.8. The number of hydrogen-bond donors (Lipinski definition) is 1. The minimum atomic E-state index is -4.05. The number of aryl methyl sites for hydroxylation is 1. The molecule has 0 amide bonds. The highest BCUT2D eigenvalue weighted by Crippen LogP contribution is 2.29. The Labute approximate surface area is 152 Å². The Kier molecular flexibility index (Phi) is 5.11. The van der Waals surface area contributed by atoms with E-state index >= 15 is 0 Å². The zero-order valence-corrected chi connectivity index (χ0v) is 15.2. The van der Waals surface area contributed by atoms with Crippen LogP contribution in [-0.2, 0) is 10.1 Å². The lowest BCUT2D eigenvalue weighted by Crippen LogP contribution is -2.14. The zero-order chi connectivity index (χ0) is 18.7. The van der Waals surface area contributed by atoms with Crippen LogP contribution < -0.4 is 8.92 Å². The van der Waals surface area contributed by atoms with Crippen LogP contribution in [0.4, 0.5) is 0 Å². The molecule has 0 saturated carbocycles. The van der Waals surface area contributed by atoms with Crippen LogP contribution in [0.5, 0.6) is 11.5 Å². The fraction of sp³-hybridized carbons (Fsp3) is 0.211. The smallest absolute Gasteiger partial charge is 0.339 e. The molecule has 1 atom stereocenters. The molecule has 0 fully saturated rings. The van der Waals surface area contributed by atoms with Gasteiger partial charge in [-0.15, -0.1) is 0 Å². The summed E-state index contributed by atoms with van der Waals surface area (Å²) in [6, 6.07) is 11.3. The first-order valence-electron chi connectivity index (χ1n) is 8.12. The lowest BCUT2D eigenvalue weighted by molar-refractivity contribution is -0.0192. The molecule has 0 aliphatic carbocycles. The minimum Gasteiger partial charge on any atom is -0.465 e. The van der Waals surface area contributed by atoms with Crippen LogP contribution in [0.15, 0.2) is 59.8 Å². The third-order valence-electron chi connectivity index (χ3n) is 3.76. The second-order valence-corrected chi connectivity index (χ2v) is 7.37. The fourth-order valence-corrected chi connectivity index (χ4v) is 3.69. The minimum absolute atomic E-state index is 0.0648. The van der Waals surface area contributed by atoms with Crippen LogP contribution in [0.1, 0.15) is 18.9 Å². The van der Waals surface area contributed by atoms with Gasteiger partial charge in [-0.2, -0.15) is 8.42 Å². The van der Waals surface area contributed by atoms with Crippen molar-refractivity contribution in [1.82, 2.24) is 4.98 Å². The molecule has 0 spiro atoms. The van der Waals surface area contributed by atoms with E-state index in [2.05, 4.69) is 4.98 Å². The molecule has 0 aliphatic heterocycles. The summed E-state index contributed by atoms with van der Waals surface area (Å²) in [7, 11) is -4.05. The largest absolute Gasteiger partial charge is 0.465 e. The Morgan fingerprint density at radius 2 is 1.92 bits per heavy atom. The first kappa shape index (κ1) is 18.2. The van der Waals surface area contributed by atoms with Gasteiger partial charge in [-0.05, 0) is 36.8 Å². The summed E-state index contributed by atoms with van der Waals surface area (Å²) in [5.41, 5.74) is 0.748. The maximum Gasteiger partial charge on any atom is 0.339 e. The van der Waals surface area contributed by atoms with E-state index < -0.39 is 16.4 Å². The predicted octanol–water partition coefficient (Wildman–Crippen LogP) is 3.42. The van der Waals surface area contributed by atoms with Gasteiger partial charge in [-0.3, -0.25) is 4.98 Å². The number of benzene rings is 2. The fourth-order valence-electron chi connectivity index (χ4n) is 2.55. The van der Waals surface area contributed by atoms with Gasteiger partial charge in [0.1, 0.15) is 16.4 Å². The Morgan fingerprint density at radius 1 is 1.15 bits per heavy atom. The highest BCUT2D eigenvalue weighted by atomic mass is 32.2. The molecule has 3 rings (SSSR count). The lowest BCUT2D eigenvalue weighted by Gasteiger charge is -2.14. The van der Waals surface area contributed by atoms with Gasteiger partial charge in [-0.1, -0.05) is 19.1 Å². The number of rotatable bonds is 6.